The van der Waals surface area contributed by atoms with Crippen molar-refractivity contribution in [3.63, 3.8) is 0 Å². The third-order valence-corrected chi connectivity index (χ3v) is 5.10. The van der Waals surface area contributed by atoms with Crippen molar-refractivity contribution in [2.45, 2.75) is 64.8 Å². The second-order valence-electron chi connectivity index (χ2n) is 7.90. The molecule has 0 aromatic heterocycles. The van der Waals surface area contributed by atoms with Gasteiger partial charge in [-0.05, 0) is 56.3 Å². The Hall–Kier alpha value is -0.530. The molecule has 2 heteroatoms. The van der Waals surface area contributed by atoms with Crippen LogP contribution in [0.25, 0.3) is 0 Å². The number of hydrogen-bond donors (Lipinski definition) is 1. The maximum Gasteiger partial charge on any atom is 0.225 e. The number of nitrogens with one attached hydrogen (secondary N) is 1. The van der Waals surface area contributed by atoms with Gasteiger partial charge >= 0.3 is 0 Å². The lowest BCUT2D eigenvalue weighted by atomic mass is 9.53. The summed E-state index contributed by atoms with van der Waals surface area (Å²) in [6.45, 7) is 6.05. The Morgan fingerprint density at radius 2 is 1.41 bits per heavy atom. The Morgan fingerprint density at radius 1 is 1.00 bits per heavy atom. The van der Waals surface area contributed by atoms with Gasteiger partial charge in [-0.25, -0.2) is 0 Å². The first-order valence-electron chi connectivity index (χ1n) is 7.19. The molecule has 4 rings (SSSR count). The standard InChI is InChI=1S/C15H25NO/c1-14(2,3)13(17)16-15-7-10-4-11(8-15)6-12(5-10)9-15/h10-12H,4-9H2,1-3H3,(H,16,17). The molecule has 17 heavy (non-hydrogen) atoms. The molecule has 0 aliphatic heterocycles. The maximum atomic E-state index is 12.2. The first kappa shape index (κ1) is 11.6. The van der Waals surface area contributed by atoms with E-state index in [1.807, 2.05) is 20.8 Å². The second-order valence-corrected chi connectivity index (χ2v) is 7.90. The summed E-state index contributed by atoms with van der Waals surface area (Å²) >= 11 is 0. The lowest BCUT2D eigenvalue weighted by Gasteiger charge is -2.57. The Balaban J connectivity index is 1.76. The Bertz CT molecular complexity index is 304. The smallest absolute Gasteiger partial charge is 0.225 e. The van der Waals surface area contributed by atoms with Crippen molar-refractivity contribution in [1.82, 2.24) is 5.32 Å². The van der Waals surface area contributed by atoms with Gasteiger partial charge in [0.05, 0.1) is 0 Å². The first-order chi connectivity index (χ1) is 7.86. The summed E-state index contributed by atoms with van der Waals surface area (Å²) in [4.78, 5) is 12.2. The Kier molecular flexibility index (Phi) is 2.37. The average molecular weight is 235 g/mol. The van der Waals surface area contributed by atoms with E-state index in [1.165, 1.54) is 38.5 Å². The number of hydrogen-bond acceptors (Lipinski definition) is 1. The van der Waals surface area contributed by atoms with Gasteiger partial charge in [0, 0.05) is 11.0 Å². The molecular weight excluding hydrogens is 210 g/mol. The highest BCUT2D eigenvalue weighted by Crippen LogP contribution is 2.55. The number of rotatable bonds is 1. The molecule has 4 fully saturated rings. The number of carbonyl (C=O) groups excluding carboxylic acids is 1. The molecule has 0 atom stereocenters. The molecule has 4 saturated carbocycles. The van der Waals surface area contributed by atoms with E-state index < -0.39 is 0 Å². The fourth-order valence-electron chi connectivity index (χ4n) is 4.69. The number of carbonyl (C=O) groups is 1. The van der Waals surface area contributed by atoms with Gasteiger partial charge in [0.1, 0.15) is 0 Å². The fraction of sp³-hybridized carbons (Fsp3) is 0.933. The first-order valence-corrected chi connectivity index (χ1v) is 7.19. The highest BCUT2D eigenvalue weighted by Gasteiger charge is 2.52. The van der Waals surface area contributed by atoms with E-state index >= 15 is 0 Å². The van der Waals surface area contributed by atoms with Gasteiger partial charge in [-0.1, -0.05) is 20.8 Å². The van der Waals surface area contributed by atoms with Crippen LogP contribution in [0.3, 0.4) is 0 Å². The van der Waals surface area contributed by atoms with Crippen LogP contribution >= 0.6 is 0 Å². The van der Waals surface area contributed by atoms with Gasteiger partial charge in [0.2, 0.25) is 5.91 Å². The molecule has 0 radical (unpaired) electrons. The highest BCUT2D eigenvalue weighted by atomic mass is 16.2. The molecule has 4 bridgehead atoms. The third kappa shape index (κ3) is 2.00. The van der Waals surface area contributed by atoms with Crippen LogP contribution in [0.2, 0.25) is 0 Å². The maximum absolute atomic E-state index is 12.2. The van der Waals surface area contributed by atoms with E-state index in [4.69, 9.17) is 0 Å². The van der Waals surface area contributed by atoms with Crippen molar-refractivity contribution in [3.8, 4) is 0 Å². The van der Waals surface area contributed by atoms with Gasteiger partial charge in [-0.15, -0.1) is 0 Å². The van der Waals surface area contributed by atoms with E-state index in [9.17, 15) is 4.79 Å². The lowest BCUT2D eigenvalue weighted by molar-refractivity contribution is -0.134. The summed E-state index contributed by atoms with van der Waals surface area (Å²) in [6.07, 6.45) is 8.06. The van der Waals surface area contributed by atoms with Crippen molar-refractivity contribution < 1.29 is 4.79 Å². The van der Waals surface area contributed by atoms with Crippen LogP contribution in [0.15, 0.2) is 0 Å². The Labute approximate surface area is 105 Å². The molecule has 4 aliphatic rings. The van der Waals surface area contributed by atoms with Crippen molar-refractivity contribution in [3.05, 3.63) is 0 Å². The molecule has 0 spiro atoms. The molecule has 2 nitrogen and oxygen atoms in total. The van der Waals surface area contributed by atoms with Crippen LogP contribution in [0.1, 0.15) is 59.3 Å². The zero-order chi connectivity index (χ0) is 12.3. The lowest BCUT2D eigenvalue weighted by Crippen LogP contribution is -2.61. The van der Waals surface area contributed by atoms with Crippen molar-refractivity contribution in [2.24, 2.45) is 23.2 Å². The van der Waals surface area contributed by atoms with Gasteiger partial charge in [-0.3, -0.25) is 4.79 Å². The molecule has 4 aliphatic carbocycles. The fourth-order valence-corrected chi connectivity index (χ4v) is 4.69. The normalized spacial score (nSPS) is 43.8. The summed E-state index contributed by atoms with van der Waals surface area (Å²) in [5, 5.41) is 3.43. The van der Waals surface area contributed by atoms with Crippen LogP contribution in [-0.2, 0) is 4.79 Å². The van der Waals surface area contributed by atoms with Gasteiger partial charge in [0.15, 0.2) is 0 Å². The van der Waals surface area contributed by atoms with E-state index in [1.54, 1.807) is 0 Å². The Morgan fingerprint density at radius 3 is 1.76 bits per heavy atom. The summed E-state index contributed by atoms with van der Waals surface area (Å²) in [5.41, 5.74) is -0.0670. The predicted octanol–water partition coefficient (Wildman–Crippen LogP) is 3.12. The molecule has 0 saturated heterocycles. The van der Waals surface area contributed by atoms with E-state index in [2.05, 4.69) is 5.32 Å². The molecule has 1 N–H and O–H groups in total. The minimum Gasteiger partial charge on any atom is -0.350 e. The predicted molar refractivity (Wildman–Crippen MR) is 68.5 cm³/mol. The molecule has 1 amide bonds. The van der Waals surface area contributed by atoms with Crippen molar-refractivity contribution in [1.29, 1.82) is 0 Å². The van der Waals surface area contributed by atoms with E-state index in [-0.39, 0.29) is 16.9 Å². The van der Waals surface area contributed by atoms with E-state index in [0.717, 1.165) is 17.8 Å². The zero-order valence-electron chi connectivity index (χ0n) is 11.4. The van der Waals surface area contributed by atoms with Crippen molar-refractivity contribution in [2.75, 3.05) is 0 Å². The van der Waals surface area contributed by atoms with Crippen molar-refractivity contribution >= 4 is 5.91 Å². The van der Waals surface area contributed by atoms with E-state index in [0.29, 0.717) is 0 Å². The highest BCUT2D eigenvalue weighted by molar-refractivity contribution is 5.82. The van der Waals surface area contributed by atoms with Gasteiger partial charge in [0.25, 0.3) is 0 Å². The van der Waals surface area contributed by atoms with Crippen LogP contribution in [0, 0.1) is 23.2 Å². The van der Waals surface area contributed by atoms with Crippen LogP contribution < -0.4 is 5.32 Å². The minimum atomic E-state index is -0.247. The van der Waals surface area contributed by atoms with Crippen LogP contribution in [-0.4, -0.2) is 11.4 Å². The molecule has 96 valence electrons. The number of amides is 1. The quantitative estimate of drug-likeness (QED) is 0.743. The SMILES string of the molecule is CC(C)(C)C(=O)NC12CC3CC(CC(C3)C1)C2. The molecule has 0 aromatic carbocycles. The molecule has 0 heterocycles. The largest absolute Gasteiger partial charge is 0.350 e. The van der Waals surface area contributed by atoms with Crippen LogP contribution in [0.5, 0.6) is 0 Å². The monoisotopic (exact) mass is 235 g/mol. The van der Waals surface area contributed by atoms with Gasteiger partial charge in [-0.2, -0.15) is 0 Å². The molecule has 0 aromatic rings. The topological polar surface area (TPSA) is 29.1 Å². The average Bonchev–Trinajstić information content (AvgIpc) is 2.12. The summed E-state index contributed by atoms with van der Waals surface area (Å²) in [5.74, 6) is 2.96. The minimum absolute atomic E-state index is 0.180. The zero-order valence-corrected chi connectivity index (χ0v) is 11.4. The summed E-state index contributed by atoms with van der Waals surface area (Å²) in [6, 6.07) is 0. The summed E-state index contributed by atoms with van der Waals surface area (Å²) < 4.78 is 0. The van der Waals surface area contributed by atoms with Gasteiger partial charge < -0.3 is 5.32 Å². The third-order valence-electron chi connectivity index (χ3n) is 5.10. The molecule has 0 unspecified atom stereocenters. The van der Waals surface area contributed by atoms with Crippen LogP contribution in [0.4, 0.5) is 0 Å². The molecular formula is C15H25NO. The summed E-state index contributed by atoms with van der Waals surface area (Å²) in [7, 11) is 0. The second kappa shape index (κ2) is 3.49.